The number of aliphatic carboxylic acids is 1. The molecule has 9 nitrogen and oxygen atoms in total. The van der Waals surface area contributed by atoms with Gasteiger partial charge in [0, 0.05) is 50.5 Å². The van der Waals surface area contributed by atoms with Gasteiger partial charge in [0.2, 0.25) is 5.91 Å². The summed E-state index contributed by atoms with van der Waals surface area (Å²) in [6, 6.07) is 15.7. The van der Waals surface area contributed by atoms with Crippen molar-refractivity contribution < 1.29 is 34.0 Å². The molecular weight excluding hydrogens is 488 g/mol. The van der Waals surface area contributed by atoms with E-state index in [-0.39, 0.29) is 43.5 Å². The summed E-state index contributed by atoms with van der Waals surface area (Å²) < 4.78 is 18.6. The van der Waals surface area contributed by atoms with Gasteiger partial charge in [-0.3, -0.25) is 14.5 Å². The van der Waals surface area contributed by atoms with E-state index in [1.54, 1.807) is 0 Å². The van der Waals surface area contributed by atoms with Crippen molar-refractivity contribution in [3.63, 3.8) is 0 Å². The first kappa shape index (κ1) is 28.2. The first-order valence-electron chi connectivity index (χ1n) is 13.3. The molecule has 2 aliphatic heterocycles. The number of amides is 1. The van der Waals surface area contributed by atoms with Gasteiger partial charge in [0.1, 0.15) is 0 Å². The molecule has 0 spiro atoms. The smallest absolute Gasteiger partial charge is 0.303 e. The molecule has 4 rings (SSSR count). The van der Waals surface area contributed by atoms with Crippen molar-refractivity contribution in [2.45, 2.75) is 57.8 Å². The zero-order chi connectivity index (χ0) is 26.9. The van der Waals surface area contributed by atoms with Crippen molar-refractivity contribution in [1.82, 2.24) is 10.2 Å². The molecule has 2 aliphatic rings. The number of ether oxygens (including phenoxy) is 3. The quantitative estimate of drug-likeness (QED) is 0.409. The number of nitrogens with zero attached hydrogens (tertiary/aromatic N) is 1. The predicted octanol–water partition coefficient (Wildman–Crippen LogP) is 3.17. The summed E-state index contributed by atoms with van der Waals surface area (Å²) in [4.78, 5) is 25.0. The Labute approximate surface area is 223 Å². The fourth-order valence-corrected chi connectivity index (χ4v) is 4.85. The lowest BCUT2D eigenvalue weighted by Gasteiger charge is -2.43. The molecule has 0 bridgehead atoms. The molecule has 3 N–H and O–H groups in total. The Balaban J connectivity index is 1.43. The highest BCUT2D eigenvalue weighted by Gasteiger charge is 2.39. The highest BCUT2D eigenvalue weighted by atomic mass is 16.7. The van der Waals surface area contributed by atoms with Crippen LogP contribution >= 0.6 is 0 Å². The van der Waals surface area contributed by atoms with Gasteiger partial charge >= 0.3 is 5.97 Å². The SMILES string of the molecule is C[C@@H]1[C@H](CN2CCOCC2)O[C@H](c2ccc(CNC(=O)CCCC(=O)O)cc2)O[C@@H]1c1ccc(CO)cc1. The maximum Gasteiger partial charge on any atom is 0.303 e. The molecule has 9 heteroatoms. The Hall–Kier alpha value is -2.82. The molecule has 0 aliphatic carbocycles. The van der Waals surface area contributed by atoms with Crippen molar-refractivity contribution in [3.05, 3.63) is 70.8 Å². The molecule has 0 unspecified atom stereocenters. The number of morpholine rings is 1. The molecular formula is C29H38N2O7. The van der Waals surface area contributed by atoms with Crippen LogP contribution in [-0.2, 0) is 37.0 Å². The Bertz CT molecular complexity index is 1040. The van der Waals surface area contributed by atoms with Crippen LogP contribution in [0.3, 0.4) is 0 Å². The molecule has 2 heterocycles. The molecule has 4 atom stereocenters. The van der Waals surface area contributed by atoms with Gasteiger partial charge in [0.25, 0.3) is 0 Å². The van der Waals surface area contributed by atoms with Crippen LogP contribution in [-0.4, -0.2) is 65.9 Å². The standard InChI is InChI=1S/C29H38N2O7/c1-20-25(18-31-13-15-36-16-14-31)37-29(38-28(20)23-9-7-22(19-32)8-10-23)24-11-5-21(6-12-24)17-30-26(33)3-2-4-27(34)35/h5-12,20,25,28-29,32H,2-4,13-19H2,1H3,(H,30,33)(H,34,35)/t20-,25+,28+,29+/m1/s1. The Morgan fingerprint density at radius 2 is 1.61 bits per heavy atom. The lowest BCUT2D eigenvalue weighted by atomic mass is 9.90. The number of carbonyl (C=O) groups is 2. The predicted molar refractivity (Wildman–Crippen MR) is 140 cm³/mol. The maximum absolute atomic E-state index is 12.0. The average Bonchev–Trinajstić information content (AvgIpc) is 2.94. The first-order valence-corrected chi connectivity index (χ1v) is 13.3. The van der Waals surface area contributed by atoms with Crippen LogP contribution in [0.1, 0.15) is 60.8 Å². The maximum atomic E-state index is 12.0. The number of rotatable bonds is 11. The van der Waals surface area contributed by atoms with Gasteiger partial charge in [-0.2, -0.15) is 0 Å². The van der Waals surface area contributed by atoms with Crippen LogP contribution in [0.5, 0.6) is 0 Å². The number of hydrogen-bond donors (Lipinski definition) is 3. The van der Waals surface area contributed by atoms with E-state index in [4.69, 9.17) is 19.3 Å². The Kier molecular flexibility index (Phi) is 10.3. The minimum Gasteiger partial charge on any atom is -0.481 e. The topological polar surface area (TPSA) is 118 Å². The molecule has 38 heavy (non-hydrogen) atoms. The summed E-state index contributed by atoms with van der Waals surface area (Å²) >= 11 is 0. The third-order valence-electron chi connectivity index (χ3n) is 7.20. The second-order valence-electron chi connectivity index (χ2n) is 10.0. The molecule has 206 valence electrons. The van der Waals surface area contributed by atoms with E-state index in [1.165, 1.54) is 0 Å². The lowest BCUT2D eigenvalue weighted by molar-refractivity contribution is -0.277. The summed E-state index contributed by atoms with van der Waals surface area (Å²) in [5, 5.41) is 21.0. The van der Waals surface area contributed by atoms with Gasteiger partial charge < -0.3 is 29.7 Å². The van der Waals surface area contributed by atoms with E-state index in [2.05, 4.69) is 17.1 Å². The zero-order valence-electron chi connectivity index (χ0n) is 21.9. The van der Waals surface area contributed by atoms with Crippen LogP contribution in [0.4, 0.5) is 0 Å². The summed E-state index contributed by atoms with van der Waals surface area (Å²) in [5.74, 6) is -0.944. The summed E-state index contributed by atoms with van der Waals surface area (Å²) in [6.07, 6.45) is -0.251. The average molecular weight is 527 g/mol. The number of hydrogen-bond acceptors (Lipinski definition) is 7. The molecule has 2 fully saturated rings. The molecule has 0 radical (unpaired) electrons. The largest absolute Gasteiger partial charge is 0.481 e. The van der Waals surface area contributed by atoms with Crippen LogP contribution in [0, 0.1) is 5.92 Å². The number of carbonyl (C=O) groups excluding carboxylic acids is 1. The van der Waals surface area contributed by atoms with Crippen molar-refractivity contribution in [2.24, 2.45) is 5.92 Å². The third kappa shape index (κ3) is 7.85. The van der Waals surface area contributed by atoms with E-state index in [0.717, 1.165) is 55.1 Å². The van der Waals surface area contributed by atoms with Gasteiger partial charge in [0.15, 0.2) is 6.29 Å². The number of benzene rings is 2. The fourth-order valence-electron chi connectivity index (χ4n) is 4.85. The fraction of sp³-hybridized carbons (Fsp3) is 0.517. The van der Waals surface area contributed by atoms with E-state index < -0.39 is 12.3 Å². The molecule has 2 saturated heterocycles. The van der Waals surface area contributed by atoms with E-state index in [0.29, 0.717) is 13.0 Å². The minimum atomic E-state index is -0.897. The third-order valence-corrected chi connectivity index (χ3v) is 7.20. The molecule has 1 amide bonds. The monoisotopic (exact) mass is 526 g/mol. The highest BCUT2D eigenvalue weighted by Crippen LogP contribution is 2.41. The van der Waals surface area contributed by atoms with Crippen LogP contribution in [0.2, 0.25) is 0 Å². The van der Waals surface area contributed by atoms with E-state index in [9.17, 15) is 14.7 Å². The van der Waals surface area contributed by atoms with Crippen LogP contribution in [0.25, 0.3) is 0 Å². The van der Waals surface area contributed by atoms with Gasteiger partial charge in [-0.1, -0.05) is 55.5 Å². The highest BCUT2D eigenvalue weighted by molar-refractivity contribution is 5.76. The van der Waals surface area contributed by atoms with Crippen LogP contribution < -0.4 is 5.32 Å². The van der Waals surface area contributed by atoms with Crippen molar-refractivity contribution in [3.8, 4) is 0 Å². The first-order chi connectivity index (χ1) is 18.4. The molecule has 2 aromatic rings. The van der Waals surface area contributed by atoms with Crippen molar-refractivity contribution >= 4 is 11.9 Å². The lowest BCUT2D eigenvalue weighted by Crippen LogP contribution is -2.47. The van der Waals surface area contributed by atoms with Gasteiger partial charge in [-0.15, -0.1) is 0 Å². The summed E-state index contributed by atoms with van der Waals surface area (Å²) in [5.41, 5.74) is 3.75. The Morgan fingerprint density at radius 1 is 0.947 bits per heavy atom. The second-order valence-corrected chi connectivity index (χ2v) is 10.0. The number of carboxylic acid groups (broad SMARTS) is 1. The van der Waals surface area contributed by atoms with Crippen molar-refractivity contribution in [1.29, 1.82) is 0 Å². The van der Waals surface area contributed by atoms with E-state index >= 15 is 0 Å². The number of carboxylic acids is 1. The van der Waals surface area contributed by atoms with Crippen molar-refractivity contribution in [2.75, 3.05) is 32.8 Å². The minimum absolute atomic E-state index is 0.00187. The summed E-state index contributed by atoms with van der Waals surface area (Å²) in [7, 11) is 0. The molecule has 0 aromatic heterocycles. The van der Waals surface area contributed by atoms with Gasteiger partial charge in [-0.25, -0.2) is 0 Å². The van der Waals surface area contributed by atoms with Crippen LogP contribution in [0.15, 0.2) is 48.5 Å². The van der Waals surface area contributed by atoms with Gasteiger partial charge in [-0.05, 0) is 23.1 Å². The normalized spacial score (nSPS) is 24.2. The zero-order valence-corrected chi connectivity index (χ0v) is 21.9. The van der Waals surface area contributed by atoms with Gasteiger partial charge in [0.05, 0.1) is 32.0 Å². The molecule has 2 aromatic carbocycles. The van der Waals surface area contributed by atoms with E-state index in [1.807, 2.05) is 48.5 Å². The number of nitrogens with one attached hydrogen (secondary N) is 1. The second kappa shape index (κ2) is 13.8. The number of aliphatic hydroxyl groups is 1. The number of aliphatic hydroxyl groups excluding tert-OH is 1. The summed E-state index contributed by atoms with van der Waals surface area (Å²) in [6.45, 7) is 6.54. The Morgan fingerprint density at radius 3 is 2.26 bits per heavy atom. The molecule has 0 saturated carbocycles.